The summed E-state index contributed by atoms with van der Waals surface area (Å²) in [5, 5.41) is 14.3. The molecule has 0 saturated heterocycles. The van der Waals surface area contributed by atoms with Gasteiger partial charge in [0.25, 0.3) is 5.69 Å². The Balaban J connectivity index is 1.64. The molecule has 9 heteroatoms. The van der Waals surface area contributed by atoms with E-state index in [0.29, 0.717) is 11.3 Å². The Bertz CT molecular complexity index is 1240. The van der Waals surface area contributed by atoms with Crippen LogP contribution in [0.15, 0.2) is 78.0 Å². The van der Waals surface area contributed by atoms with Crippen LogP contribution in [0.25, 0.3) is 6.08 Å². The van der Waals surface area contributed by atoms with Crippen molar-refractivity contribution in [1.29, 1.82) is 0 Å². The number of benzene rings is 3. The molecule has 0 fully saturated rings. The average molecular weight is 461 g/mol. The van der Waals surface area contributed by atoms with Gasteiger partial charge >= 0.3 is 5.97 Å². The highest BCUT2D eigenvalue weighted by molar-refractivity contribution is 5.98. The van der Waals surface area contributed by atoms with Crippen LogP contribution in [-0.4, -0.2) is 23.8 Å². The Kier molecular flexibility index (Phi) is 7.96. The predicted molar refractivity (Wildman–Crippen MR) is 127 cm³/mol. The molecule has 0 bridgehead atoms. The molecule has 0 radical (unpaired) electrons. The number of aryl methyl sites for hydroxylation is 1. The van der Waals surface area contributed by atoms with Gasteiger partial charge in [0, 0.05) is 29.3 Å². The smallest absolute Gasteiger partial charge is 0.358 e. The quantitative estimate of drug-likeness (QED) is 0.125. The van der Waals surface area contributed by atoms with Crippen molar-refractivity contribution in [1.82, 2.24) is 0 Å². The standard InChI is InChI=1S/C25H23N3O6/c1-17-5-3-4-6-22(17)33-16-20-15-18(7-13-23(20)32-2)8-14-24(29)34-27-25(26)19-9-11-21(12-10-19)28(30)31/h3-15H,16H2,1-2H3,(H2,26,27)/b14-8-. The minimum atomic E-state index is -0.738. The highest BCUT2D eigenvalue weighted by atomic mass is 16.7. The van der Waals surface area contributed by atoms with Crippen LogP contribution in [0.5, 0.6) is 11.5 Å². The number of nitrogens with zero attached hydrogens (tertiary/aromatic N) is 2. The number of nitro benzene ring substituents is 1. The van der Waals surface area contributed by atoms with Crippen molar-refractivity contribution in [2.24, 2.45) is 10.9 Å². The number of carbonyl (C=O) groups excluding carboxylic acids is 1. The summed E-state index contributed by atoms with van der Waals surface area (Å²) >= 11 is 0. The van der Waals surface area contributed by atoms with Crippen LogP contribution >= 0.6 is 0 Å². The topological polar surface area (TPSA) is 126 Å². The van der Waals surface area contributed by atoms with Gasteiger partial charge in [-0.3, -0.25) is 10.1 Å². The van der Waals surface area contributed by atoms with Gasteiger partial charge in [-0.15, -0.1) is 0 Å². The summed E-state index contributed by atoms with van der Waals surface area (Å²) in [6.45, 7) is 2.25. The van der Waals surface area contributed by atoms with Crippen LogP contribution < -0.4 is 15.2 Å². The van der Waals surface area contributed by atoms with Crippen molar-refractivity contribution in [3.05, 3.63) is 105 Å². The molecule has 34 heavy (non-hydrogen) atoms. The van der Waals surface area contributed by atoms with Crippen molar-refractivity contribution in [2.75, 3.05) is 7.11 Å². The lowest BCUT2D eigenvalue weighted by atomic mass is 10.1. The number of hydrogen-bond acceptors (Lipinski definition) is 7. The van der Waals surface area contributed by atoms with Crippen LogP contribution in [0.3, 0.4) is 0 Å². The summed E-state index contributed by atoms with van der Waals surface area (Å²) in [5.74, 6) is 0.612. The largest absolute Gasteiger partial charge is 0.496 e. The fourth-order valence-corrected chi connectivity index (χ4v) is 2.98. The molecule has 0 heterocycles. The number of nitrogens with two attached hydrogens (primary N) is 1. The van der Waals surface area contributed by atoms with E-state index in [0.717, 1.165) is 22.4 Å². The van der Waals surface area contributed by atoms with Gasteiger partial charge in [0.2, 0.25) is 0 Å². The summed E-state index contributed by atoms with van der Waals surface area (Å²) < 4.78 is 11.3. The molecule has 3 rings (SSSR count). The Hall–Kier alpha value is -4.66. The van der Waals surface area contributed by atoms with E-state index in [2.05, 4.69) is 5.16 Å². The number of nitro groups is 1. The second-order valence-electron chi connectivity index (χ2n) is 7.15. The molecule has 2 N–H and O–H groups in total. The maximum atomic E-state index is 12.0. The van der Waals surface area contributed by atoms with Gasteiger partial charge in [-0.2, -0.15) is 0 Å². The Labute approximate surface area is 196 Å². The number of para-hydroxylation sites is 1. The fourth-order valence-electron chi connectivity index (χ4n) is 2.98. The molecule has 0 aliphatic heterocycles. The molecule has 0 saturated carbocycles. The fraction of sp³-hybridized carbons (Fsp3) is 0.120. The summed E-state index contributed by atoms with van der Waals surface area (Å²) in [6, 6.07) is 18.5. The first-order valence-corrected chi connectivity index (χ1v) is 10.2. The Morgan fingerprint density at radius 3 is 2.50 bits per heavy atom. The van der Waals surface area contributed by atoms with Gasteiger partial charge in [0.05, 0.1) is 12.0 Å². The minimum Gasteiger partial charge on any atom is -0.496 e. The highest BCUT2D eigenvalue weighted by Crippen LogP contribution is 2.24. The Morgan fingerprint density at radius 2 is 1.82 bits per heavy atom. The highest BCUT2D eigenvalue weighted by Gasteiger charge is 2.08. The first kappa shape index (κ1) is 24.0. The van der Waals surface area contributed by atoms with Crippen molar-refractivity contribution < 1.29 is 24.0 Å². The molecule has 3 aromatic carbocycles. The van der Waals surface area contributed by atoms with E-state index in [1.165, 1.54) is 30.3 Å². The summed E-state index contributed by atoms with van der Waals surface area (Å²) in [6.07, 6.45) is 2.77. The van der Waals surface area contributed by atoms with Crippen molar-refractivity contribution in [3.63, 3.8) is 0 Å². The van der Waals surface area contributed by atoms with Crippen LogP contribution in [-0.2, 0) is 16.2 Å². The first-order chi connectivity index (χ1) is 16.4. The van der Waals surface area contributed by atoms with E-state index < -0.39 is 10.9 Å². The number of non-ortho nitro benzene ring substituents is 1. The normalized spacial score (nSPS) is 11.3. The molecule has 0 unspecified atom stereocenters. The van der Waals surface area contributed by atoms with Crippen molar-refractivity contribution in [2.45, 2.75) is 13.5 Å². The third-order valence-electron chi connectivity index (χ3n) is 4.80. The zero-order valence-electron chi connectivity index (χ0n) is 18.6. The second-order valence-corrected chi connectivity index (χ2v) is 7.15. The SMILES string of the molecule is COc1ccc(/C=C\C(=O)O/N=C(\N)c2ccc([N+](=O)[O-])cc2)cc1COc1ccccc1C. The van der Waals surface area contributed by atoms with Crippen molar-refractivity contribution in [3.8, 4) is 11.5 Å². The van der Waals surface area contributed by atoms with Gasteiger partial charge in [0.1, 0.15) is 18.1 Å². The molecule has 3 aromatic rings. The summed E-state index contributed by atoms with van der Waals surface area (Å²) in [4.78, 5) is 27.0. The van der Waals surface area contributed by atoms with Gasteiger partial charge in [-0.1, -0.05) is 29.4 Å². The lowest BCUT2D eigenvalue weighted by Crippen LogP contribution is -2.14. The summed E-state index contributed by atoms with van der Waals surface area (Å²) in [7, 11) is 1.58. The van der Waals surface area contributed by atoms with Crippen LogP contribution in [0.1, 0.15) is 22.3 Å². The third-order valence-corrected chi connectivity index (χ3v) is 4.80. The van der Waals surface area contributed by atoms with Crippen LogP contribution in [0.2, 0.25) is 0 Å². The molecule has 0 aliphatic rings. The number of methoxy groups -OCH3 is 1. The predicted octanol–water partition coefficient (Wildman–Crippen LogP) is 4.37. The molecule has 9 nitrogen and oxygen atoms in total. The minimum absolute atomic E-state index is 0.0837. The van der Waals surface area contributed by atoms with E-state index in [9.17, 15) is 14.9 Å². The van der Waals surface area contributed by atoms with Crippen molar-refractivity contribution >= 4 is 23.6 Å². The van der Waals surface area contributed by atoms with E-state index in [1.807, 2.05) is 37.3 Å². The van der Waals surface area contributed by atoms with Gasteiger partial charge < -0.3 is 20.0 Å². The number of hydrogen-bond donors (Lipinski definition) is 1. The molecule has 0 amide bonds. The van der Waals surface area contributed by atoms with E-state index in [1.54, 1.807) is 25.3 Å². The number of rotatable bonds is 9. The molecule has 0 aromatic heterocycles. The first-order valence-electron chi connectivity index (χ1n) is 10.2. The number of oxime groups is 1. The molecular weight excluding hydrogens is 438 g/mol. The summed E-state index contributed by atoms with van der Waals surface area (Å²) in [5.41, 5.74) is 8.63. The van der Waals surface area contributed by atoms with E-state index in [-0.39, 0.29) is 18.1 Å². The number of ether oxygens (including phenoxy) is 2. The maximum absolute atomic E-state index is 12.0. The monoisotopic (exact) mass is 461 g/mol. The van der Waals surface area contributed by atoms with Gasteiger partial charge in [-0.25, -0.2) is 4.79 Å². The molecular formula is C25H23N3O6. The molecule has 0 aliphatic carbocycles. The van der Waals surface area contributed by atoms with Gasteiger partial charge in [-0.05, 0) is 54.5 Å². The second kappa shape index (κ2) is 11.3. The van der Waals surface area contributed by atoms with Crippen LogP contribution in [0, 0.1) is 17.0 Å². The third kappa shape index (κ3) is 6.42. The zero-order valence-corrected chi connectivity index (χ0v) is 18.6. The zero-order chi connectivity index (χ0) is 24.5. The Morgan fingerprint density at radius 1 is 1.09 bits per heavy atom. The lowest BCUT2D eigenvalue weighted by Gasteiger charge is -2.12. The van der Waals surface area contributed by atoms with E-state index in [4.69, 9.17) is 20.0 Å². The number of amidine groups is 1. The average Bonchev–Trinajstić information content (AvgIpc) is 2.85. The lowest BCUT2D eigenvalue weighted by molar-refractivity contribution is -0.384. The number of carbonyl (C=O) groups is 1. The maximum Gasteiger partial charge on any atom is 0.358 e. The molecule has 0 atom stereocenters. The van der Waals surface area contributed by atoms with Gasteiger partial charge in [0.15, 0.2) is 5.84 Å². The van der Waals surface area contributed by atoms with Crippen LogP contribution in [0.4, 0.5) is 5.69 Å². The molecule has 174 valence electrons. The molecule has 0 spiro atoms. The van der Waals surface area contributed by atoms with E-state index >= 15 is 0 Å².